The van der Waals surface area contributed by atoms with Crippen molar-refractivity contribution in [2.45, 2.75) is 58.5 Å². The average molecular weight is 314 g/mol. The molecule has 102 valence electrons. The highest BCUT2D eigenvalue weighted by Gasteiger charge is 2.35. The van der Waals surface area contributed by atoms with E-state index in [1.54, 1.807) is 0 Å². The van der Waals surface area contributed by atoms with Gasteiger partial charge in [0.15, 0.2) is 0 Å². The Morgan fingerprint density at radius 1 is 1.39 bits per heavy atom. The zero-order chi connectivity index (χ0) is 13.3. The van der Waals surface area contributed by atoms with Gasteiger partial charge in [-0.2, -0.15) is 5.10 Å². The Labute approximate surface area is 118 Å². The molecule has 0 bridgehead atoms. The molecule has 2 unspecified atom stereocenters. The van der Waals surface area contributed by atoms with Gasteiger partial charge in [-0.25, -0.2) is 0 Å². The van der Waals surface area contributed by atoms with E-state index in [4.69, 9.17) is 0 Å². The Kier molecular flexibility index (Phi) is 4.49. The standard InChI is InChI=1S/C14H24BrN3/c1-9(2)16-7-11-5-6-12(11)14-13(15)8-17-18(14)10(3)4/h8-12,16H,5-7H2,1-4H3. The van der Waals surface area contributed by atoms with E-state index in [2.05, 4.69) is 58.7 Å². The van der Waals surface area contributed by atoms with E-state index in [9.17, 15) is 0 Å². The third-order valence-electron chi connectivity index (χ3n) is 3.83. The monoisotopic (exact) mass is 313 g/mol. The molecule has 1 aromatic heterocycles. The highest BCUT2D eigenvalue weighted by atomic mass is 79.9. The second kappa shape index (κ2) is 5.74. The fourth-order valence-electron chi connectivity index (χ4n) is 2.67. The van der Waals surface area contributed by atoms with E-state index >= 15 is 0 Å². The van der Waals surface area contributed by atoms with Crippen LogP contribution >= 0.6 is 15.9 Å². The van der Waals surface area contributed by atoms with Crippen molar-refractivity contribution in [2.24, 2.45) is 5.92 Å². The fourth-order valence-corrected chi connectivity index (χ4v) is 3.24. The Morgan fingerprint density at radius 2 is 2.11 bits per heavy atom. The summed E-state index contributed by atoms with van der Waals surface area (Å²) in [5.74, 6) is 1.42. The average Bonchev–Trinajstić information content (AvgIpc) is 2.59. The van der Waals surface area contributed by atoms with Crippen LogP contribution in [-0.4, -0.2) is 22.4 Å². The molecule has 3 nitrogen and oxygen atoms in total. The lowest BCUT2D eigenvalue weighted by molar-refractivity contribution is 0.226. The number of hydrogen-bond acceptors (Lipinski definition) is 2. The van der Waals surface area contributed by atoms with Crippen molar-refractivity contribution in [3.63, 3.8) is 0 Å². The quantitative estimate of drug-likeness (QED) is 0.898. The summed E-state index contributed by atoms with van der Waals surface area (Å²) in [5, 5.41) is 8.06. The van der Waals surface area contributed by atoms with Crippen LogP contribution in [0.25, 0.3) is 0 Å². The van der Waals surface area contributed by atoms with Crippen LogP contribution in [0, 0.1) is 5.92 Å². The fraction of sp³-hybridized carbons (Fsp3) is 0.786. The van der Waals surface area contributed by atoms with E-state index < -0.39 is 0 Å². The third-order valence-corrected chi connectivity index (χ3v) is 4.44. The number of nitrogens with one attached hydrogen (secondary N) is 1. The van der Waals surface area contributed by atoms with Gasteiger partial charge in [-0.15, -0.1) is 0 Å². The van der Waals surface area contributed by atoms with Gasteiger partial charge >= 0.3 is 0 Å². The van der Waals surface area contributed by atoms with Gasteiger partial charge in [-0.1, -0.05) is 13.8 Å². The molecule has 0 aromatic carbocycles. The van der Waals surface area contributed by atoms with E-state index in [0.717, 1.165) is 12.5 Å². The minimum atomic E-state index is 0.436. The Morgan fingerprint density at radius 3 is 2.61 bits per heavy atom. The molecule has 1 N–H and O–H groups in total. The van der Waals surface area contributed by atoms with Gasteiger partial charge in [0.2, 0.25) is 0 Å². The molecule has 1 heterocycles. The maximum atomic E-state index is 4.50. The van der Waals surface area contributed by atoms with E-state index in [1.165, 1.54) is 23.0 Å². The minimum absolute atomic E-state index is 0.436. The minimum Gasteiger partial charge on any atom is -0.314 e. The molecule has 0 radical (unpaired) electrons. The number of rotatable bonds is 5. The highest BCUT2D eigenvalue weighted by Crippen LogP contribution is 2.45. The summed E-state index contributed by atoms with van der Waals surface area (Å²) in [6.07, 6.45) is 4.57. The molecule has 2 rings (SSSR count). The van der Waals surface area contributed by atoms with Gasteiger partial charge in [0.25, 0.3) is 0 Å². The summed E-state index contributed by atoms with van der Waals surface area (Å²) >= 11 is 3.66. The van der Waals surface area contributed by atoms with E-state index in [0.29, 0.717) is 18.0 Å². The van der Waals surface area contributed by atoms with Crippen LogP contribution in [0.15, 0.2) is 10.7 Å². The Hall–Kier alpha value is -0.350. The van der Waals surface area contributed by atoms with Crippen LogP contribution in [0.1, 0.15) is 58.2 Å². The zero-order valence-electron chi connectivity index (χ0n) is 11.8. The number of aromatic nitrogens is 2. The van der Waals surface area contributed by atoms with Crippen LogP contribution in [0.3, 0.4) is 0 Å². The van der Waals surface area contributed by atoms with Crippen LogP contribution < -0.4 is 5.32 Å². The highest BCUT2D eigenvalue weighted by molar-refractivity contribution is 9.10. The molecule has 1 aliphatic rings. The van der Waals surface area contributed by atoms with Gasteiger partial charge in [-0.05, 0) is 55.1 Å². The summed E-state index contributed by atoms with van der Waals surface area (Å²) in [5.41, 5.74) is 1.40. The van der Waals surface area contributed by atoms with Crippen molar-refractivity contribution >= 4 is 15.9 Å². The Balaban J connectivity index is 2.09. The molecular formula is C14H24BrN3. The van der Waals surface area contributed by atoms with Gasteiger partial charge in [-0.3, -0.25) is 4.68 Å². The van der Waals surface area contributed by atoms with Gasteiger partial charge in [0.1, 0.15) is 0 Å². The summed E-state index contributed by atoms with van der Waals surface area (Å²) in [4.78, 5) is 0. The van der Waals surface area contributed by atoms with Crippen LogP contribution in [0.4, 0.5) is 0 Å². The molecule has 0 aliphatic heterocycles. The molecule has 1 aromatic rings. The maximum absolute atomic E-state index is 4.50. The largest absolute Gasteiger partial charge is 0.314 e. The third kappa shape index (κ3) is 2.80. The molecule has 1 aliphatic carbocycles. The first-order chi connectivity index (χ1) is 8.50. The van der Waals surface area contributed by atoms with Gasteiger partial charge < -0.3 is 5.32 Å². The molecule has 18 heavy (non-hydrogen) atoms. The lowest BCUT2D eigenvalue weighted by atomic mass is 9.71. The van der Waals surface area contributed by atoms with Crippen molar-refractivity contribution in [3.05, 3.63) is 16.4 Å². The summed E-state index contributed by atoms with van der Waals surface area (Å²) in [7, 11) is 0. The number of nitrogens with zero attached hydrogens (tertiary/aromatic N) is 2. The SMILES string of the molecule is CC(C)NCC1CCC1c1c(Br)cnn1C(C)C. The summed E-state index contributed by atoms with van der Waals surface area (Å²) in [6.45, 7) is 9.94. The van der Waals surface area contributed by atoms with Crippen LogP contribution in [0.2, 0.25) is 0 Å². The van der Waals surface area contributed by atoms with E-state index in [-0.39, 0.29) is 0 Å². The van der Waals surface area contributed by atoms with Crippen molar-refractivity contribution in [1.29, 1.82) is 0 Å². The normalized spacial score (nSPS) is 23.7. The van der Waals surface area contributed by atoms with Crippen LogP contribution in [-0.2, 0) is 0 Å². The predicted molar refractivity (Wildman–Crippen MR) is 78.9 cm³/mol. The second-order valence-corrected chi connectivity index (χ2v) is 6.78. The molecule has 1 saturated carbocycles. The summed E-state index contributed by atoms with van der Waals surface area (Å²) in [6, 6.07) is 1.01. The molecule has 2 atom stereocenters. The van der Waals surface area contributed by atoms with Crippen molar-refractivity contribution in [2.75, 3.05) is 6.54 Å². The van der Waals surface area contributed by atoms with Crippen molar-refractivity contribution in [3.8, 4) is 0 Å². The van der Waals surface area contributed by atoms with Gasteiger partial charge in [0.05, 0.1) is 16.4 Å². The first-order valence-electron chi connectivity index (χ1n) is 6.97. The van der Waals surface area contributed by atoms with Crippen molar-refractivity contribution in [1.82, 2.24) is 15.1 Å². The predicted octanol–water partition coefficient (Wildman–Crippen LogP) is 3.72. The molecule has 0 amide bonds. The maximum Gasteiger partial charge on any atom is 0.0635 e. The molecule has 0 spiro atoms. The second-order valence-electron chi connectivity index (χ2n) is 5.92. The zero-order valence-corrected chi connectivity index (χ0v) is 13.4. The van der Waals surface area contributed by atoms with Crippen LogP contribution in [0.5, 0.6) is 0 Å². The smallest absolute Gasteiger partial charge is 0.0635 e. The molecule has 4 heteroatoms. The molecule has 1 fully saturated rings. The Bertz CT molecular complexity index is 398. The number of halogens is 1. The van der Waals surface area contributed by atoms with Crippen molar-refractivity contribution < 1.29 is 0 Å². The first kappa shape index (κ1) is 14.1. The molecular weight excluding hydrogens is 290 g/mol. The topological polar surface area (TPSA) is 29.9 Å². The lowest BCUT2D eigenvalue weighted by Crippen LogP contribution is -2.37. The summed E-state index contributed by atoms with van der Waals surface area (Å²) < 4.78 is 3.35. The number of hydrogen-bond donors (Lipinski definition) is 1. The first-order valence-corrected chi connectivity index (χ1v) is 7.76. The molecule has 0 saturated heterocycles. The van der Waals surface area contributed by atoms with E-state index in [1.807, 2.05) is 6.20 Å². The van der Waals surface area contributed by atoms with Gasteiger partial charge in [0, 0.05) is 18.0 Å². The lowest BCUT2D eigenvalue weighted by Gasteiger charge is -2.38.